The maximum atomic E-state index is 12.7. The van der Waals surface area contributed by atoms with E-state index in [1.165, 1.54) is 5.56 Å². The number of fused-ring (bicyclic) bond motifs is 1. The van der Waals surface area contributed by atoms with Crippen LogP contribution < -0.4 is 4.90 Å². The largest absolute Gasteiger partial charge is 0.305 e. The number of carbonyl (C=O) groups is 1. The highest BCUT2D eigenvalue weighted by atomic mass is 79.9. The summed E-state index contributed by atoms with van der Waals surface area (Å²) < 4.78 is 0.994. The average Bonchev–Trinajstić information content (AvgIpc) is 2.85. The van der Waals surface area contributed by atoms with Gasteiger partial charge in [-0.05, 0) is 53.4 Å². The van der Waals surface area contributed by atoms with Crippen molar-refractivity contribution in [1.29, 1.82) is 0 Å². The first-order chi connectivity index (χ1) is 9.16. The minimum Gasteiger partial charge on any atom is -0.305 e. The summed E-state index contributed by atoms with van der Waals surface area (Å²) in [6, 6.07) is 10.4. The summed E-state index contributed by atoms with van der Waals surface area (Å²) in [5, 5.41) is 1.91. The molecule has 0 saturated carbocycles. The second-order valence-electron chi connectivity index (χ2n) is 4.83. The molecule has 0 spiro atoms. The minimum absolute atomic E-state index is 0.0987. The summed E-state index contributed by atoms with van der Waals surface area (Å²) in [5.74, 6) is 0.0987. The first-order valence-corrected chi connectivity index (χ1v) is 7.99. The molecule has 2 aromatic rings. The van der Waals surface area contributed by atoms with E-state index >= 15 is 0 Å². The molecule has 2 nitrogen and oxygen atoms in total. The van der Waals surface area contributed by atoms with Crippen molar-refractivity contribution in [2.45, 2.75) is 25.8 Å². The zero-order valence-corrected chi connectivity index (χ0v) is 13.0. The van der Waals surface area contributed by atoms with Crippen LogP contribution in [0.3, 0.4) is 0 Å². The fraction of sp³-hybridized carbons (Fsp3) is 0.267. The van der Waals surface area contributed by atoms with Gasteiger partial charge >= 0.3 is 0 Å². The summed E-state index contributed by atoms with van der Waals surface area (Å²) in [6.07, 6.45) is 2.07. The lowest BCUT2D eigenvalue weighted by Crippen LogP contribution is -2.41. The van der Waals surface area contributed by atoms with E-state index in [-0.39, 0.29) is 11.9 Å². The van der Waals surface area contributed by atoms with E-state index in [0.29, 0.717) is 0 Å². The number of thiophene rings is 1. The molecule has 0 fully saturated rings. The van der Waals surface area contributed by atoms with E-state index in [2.05, 4.69) is 28.9 Å². The van der Waals surface area contributed by atoms with Crippen LogP contribution in [0.25, 0.3) is 0 Å². The highest BCUT2D eigenvalue weighted by Crippen LogP contribution is 2.32. The SMILES string of the molecule is CC1CCc2ccccc2N1C(=O)c1csc(Br)c1. The van der Waals surface area contributed by atoms with Crippen molar-refractivity contribution in [2.75, 3.05) is 4.90 Å². The number of anilines is 1. The van der Waals surface area contributed by atoms with E-state index in [0.717, 1.165) is 27.9 Å². The predicted octanol–water partition coefficient (Wildman–Crippen LogP) is 4.49. The van der Waals surface area contributed by atoms with Crippen LogP contribution in [0, 0.1) is 0 Å². The van der Waals surface area contributed by atoms with E-state index in [1.807, 2.05) is 34.5 Å². The molecule has 0 bridgehead atoms. The van der Waals surface area contributed by atoms with Crippen molar-refractivity contribution in [3.05, 3.63) is 50.6 Å². The Morgan fingerprint density at radius 3 is 2.95 bits per heavy atom. The fourth-order valence-corrected chi connectivity index (χ4v) is 3.69. The van der Waals surface area contributed by atoms with Crippen LogP contribution in [-0.2, 0) is 6.42 Å². The molecule has 1 aromatic carbocycles. The molecule has 19 heavy (non-hydrogen) atoms. The van der Waals surface area contributed by atoms with Crippen LogP contribution in [-0.4, -0.2) is 11.9 Å². The number of hydrogen-bond acceptors (Lipinski definition) is 2. The number of aryl methyl sites for hydroxylation is 1. The van der Waals surface area contributed by atoms with Gasteiger partial charge in [-0.2, -0.15) is 0 Å². The Morgan fingerprint density at radius 1 is 1.42 bits per heavy atom. The highest BCUT2D eigenvalue weighted by Gasteiger charge is 2.29. The number of halogens is 1. The number of rotatable bonds is 1. The van der Waals surface area contributed by atoms with Gasteiger partial charge in [-0.25, -0.2) is 0 Å². The monoisotopic (exact) mass is 335 g/mol. The Morgan fingerprint density at radius 2 is 2.21 bits per heavy atom. The Labute approximate surface area is 125 Å². The summed E-state index contributed by atoms with van der Waals surface area (Å²) in [7, 11) is 0. The Hall–Kier alpha value is -1.13. The molecule has 0 saturated heterocycles. The van der Waals surface area contributed by atoms with Crippen molar-refractivity contribution >= 4 is 38.9 Å². The second kappa shape index (κ2) is 5.10. The number of benzene rings is 1. The number of hydrogen-bond donors (Lipinski definition) is 0. The third-order valence-corrected chi connectivity index (χ3v) is 5.06. The number of amides is 1. The van der Waals surface area contributed by atoms with Gasteiger partial charge in [0.2, 0.25) is 0 Å². The average molecular weight is 336 g/mol. The van der Waals surface area contributed by atoms with Crippen molar-refractivity contribution in [1.82, 2.24) is 0 Å². The summed E-state index contributed by atoms with van der Waals surface area (Å²) >= 11 is 4.97. The maximum absolute atomic E-state index is 12.7. The van der Waals surface area contributed by atoms with Crippen LogP contribution in [0.5, 0.6) is 0 Å². The molecule has 1 aliphatic rings. The van der Waals surface area contributed by atoms with Gasteiger partial charge in [-0.15, -0.1) is 11.3 Å². The molecule has 98 valence electrons. The zero-order chi connectivity index (χ0) is 13.4. The van der Waals surface area contributed by atoms with E-state index in [1.54, 1.807) is 11.3 Å². The van der Waals surface area contributed by atoms with Crippen molar-refractivity contribution in [3.63, 3.8) is 0 Å². The lowest BCUT2D eigenvalue weighted by molar-refractivity contribution is 0.0975. The molecule has 1 atom stereocenters. The molecule has 3 rings (SSSR count). The number of carbonyl (C=O) groups excluding carboxylic acids is 1. The minimum atomic E-state index is 0.0987. The topological polar surface area (TPSA) is 20.3 Å². The van der Waals surface area contributed by atoms with Crippen LogP contribution in [0.15, 0.2) is 39.5 Å². The second-order valence-corrected chi connectivity index (χ2v) is 7.12. The molecule has 1 amide bonds. The van der Waals surface area contributed by atoms with Gasteiger partial charge in [0, 0.05) is 17.1 Å². The summed E-state index contributed by atoms with van der Waals surface area (Å²) in [4.78, 5) is 14.6. The molecule has 0 aliphatic carbocycles. The van der Waals surface area contributed by atoms with E-state index in [9.17, 15) is 4.79 Å². The molecule has 1 unspecified atom stereocenters. The van der Waals surface area contributed by atoms with Gasteiger partial charge in [0.1, 0.15) is 0 Å². The summed E-state index contributed by atoms with van der Waals surface area (Å²) in [6.45, 7) is 2.12. The Bertz CT molecular complexity index is 622. The number of nitrogens with zero attached hydrogens (tertiary/aromatic N) is 1. The van der Waals surface area contributed by atoms with Gasteiger partial charge in [-0.1, -0.05) is 18.2 Å². The highest BCUT2D eigenvalue weighted by molar-refractivity contribution is 9.11. The van der Waals surface area contributed by atoms with Crippen LogP contribution in [0.1, 0.15) is 29.3 Å². The van der Waals surface area contributed by atoms with Gasteiger partial charge in [-0.3, -0.25) is 4.79 Å². The molecular formula is C15H14BrNOS. The molecule has 1 aliphatic heterocycles. The molecular weight excluding hydrogens is 322 g/mol. The van der Waals surface area contributed by atoms with Gasteiger partial charge in [0.05, 0.1) is 9.35 Å². The molecule has 2 heterocycles. The van der Waals surface area contributed by atoms with Crippen LogP contribution >= 0.6 is 27.3 Å². The molecule has 0 N–H and O–H groups in total. The lowest BCUT2D eigenvalue weighted by Gasteiger charge is -2.35. The summed E-state index contributed by atoms with van der Waals surface area (Å²) in [5.41, 5.74) is 3.09. The first-order valence-electron chi connectivity index (χ1n) is 6.32. The predicted molar refractivity (Wildman–Crippen MR) is 83.1 cm³/mol. The zero-order valence-electron chi connectivity index (χ0n) is 10.6. The molecule has 4 heteroatoms. The van der Waals surface area contributed by atoms with Crippen molar-refractivity contribution < 1.29 is 4.79 Å². The van der Waals surface area contributed by atoms with E-state index < -0.39 is 0 Å². The van der Waals surface area contributed by atoms with Gasteiger partial charge in [0.15, 0.2) is 0 Å². The Kier molecular flexibility index (Phi) is 3.46. The van der Waals surface area contributed by atoms with Crippen molar-refractivity contribution in [3.8, 4) is 0 Å². The first kappa shape index (κ1) is 12.9. The maximum Gasteiger partial charge on any atom is 0.259 e. The quantitative estimate of drug-likeness (QED) is 0.751. The van der Waals surface area contributed by atoms with Gasteiger partial charge < -0.3 is 4.90 Å². The molecule has 0 radical (unpaired) electrons. The lowest BCUT2D eigenvalue weighted by atomic mass is 9.96. The van der Waals surface area contributed by atoms with Crippen molar-refractivity contribution in [2.24, 2.45) is 0 Å². The van der Waals surface area contributed by atoms with Gasteiger partial charge in [0.25, 0.3) is 5.91 Å². The van der Waals surface area contributed by atoms with Crippen LogP contribution in [0.2, 0.25) is 0 Å². The normalized spacial score (nSPS) is 18.2. The standard InChI is InChI=1S/C15H14BrNOS/c1-10-6-7-11-4-2-3-5-13(11)17(10)15(18)12-8-14(16)19-9-12/h2-5,8-10H,6-7H2,1H3. The van der Waals surface area contributed by atoms with E-state index in [4.69, 9.17) is 0 Å². The third-order valence-electron chi connectivity index (χ3n) is 3.56. The number of para-hydroxylation sites is 1. The smallest absolute Gasteiger partial charge is 0.259 e. The van der Waals surface area contributed by atoms with Crippen LogP contribution in [0.4, 0.5) is 5.69 Å². The Balaban J connectivity index is 2.02. The third kappa shape index (κ3) is 2.35. The molecule has 1 aromatic heterocycles. The fourth-order valence-electron chi connectivity index (χ4n) is 2.56.